The van der Waals surface area contributed by atoms with Crippen LogP contribution in [0.3, 0.4) is 0 Å². The van der Waals surface area contributed by atoms with E-state index in [1.165, 1.54) is 12.1 Å². The second-order valence-corrected chi connectivity index (χ2v) is 6.67. The number of hydrogen-bond acceptors (Lipinski definition) is 7. The lowest BCUT2D eigenvalue weighted by atomic mass is 10.1. The third kappa shape index (κ3) is 6.94. The maximum atomic E-state index is 12.2. The summed E-state index contributed by atoms with van der Waals surface area (Å²) in [6, 6.07) is 13.6. The van der Waals surface area contributed by atoms with Gasteiger partial charge in [-0.05, 0) is 55.8 Å². The van der Waals surface area contributed by atoms with Crippen LogP contribution in [-0.4, -0.2) is 31.8 Å². The van der Waals surface area contributed by atoms with E-state index in [0.29, 0.717) is 23.7 Å². The summed E-state index contributed by atoms with van der Waals surface area (Å²) in [5, 5.41) is 9.16. The predicted octanol–water partition coefficient (Wildman–Crippen LogP) is 4.30. The number of nitrogens with zero attached hydrogens (tertiary/aromatic N) is 1. The molecule has 0 bridgehead atoms. The molecule has 30 heavy (non-hydrogen) atoms. The van der Waals surface area contributed by atoms with E-state index in [-0.39, 0.29) is 24.5 Å². The summed E-state index contributed by atoms with van der Waals surface area (Å²) in [7, 11) is 0. The molecule has 156 valence electrons. The molecule has 0 N–H and O–H groups in total. The van der Waals surface area contributed by atoms with Crippen LogP contribution in [0.4, 0.5) is 0 Å². The van der Waals surface area contributed by atoms with Gasteiger partial charge in [-0.1, -0.05) is 28.1 Å². The van der Waals surface area contributed by atoms with E-state index in [0.717, 1.165) is 4.47 Å². The van der Waals surface area contributed by atoms with Crippen LogP contribution < -0.4 is 14.2 Å². The number of rotatable bonds is 9. The van der Waals surface area contributed by atoms with E-state index in [9.17, 15) is 9.59 Å². The highest BCUT2D eigenvalue weighted by molar-refractivity contribution is 9.10. The maximum absolute atomic E-state index is 12.2. The Balaban J connectivity index is 2.13. The van der Waals surface area contributed by atoms with E-state index < -0.39 is 11.9 Å². The zero-order valence-corrected chi connectivity index (χ0v) is 18.1. The minimum atomic E-state index is -0.710. The van der Waals surface area contributed by atoms with Crippen LogP contribution in [0.1, 0.15) is 19.4 Å². The zero-order chi connectivity index (χ0) is 21.9. The molecule has 0 radical (unpaired) electrons. The predicted molar refractivity (Wildman–Crippen MR) is 113 cm³/mol. The molecule has 0 fully saturated rings. The van der Waals surface area contributed by atoms with Gasteiger partial charge >= 0.3 is 11.9 Å². The van der Waals surface area contributed by atoms with Crippen molar-refractivity contribution in [3.63, 3.8) is 0 Å². The Morgan fingerprint density at radius 3 is 2.53 bits per heavy atom. The molecule has 0 aliphatic carbocycles. The van der Waals surface area contributed by atoms with Crippen LogP contribution in [0.5, 0.6) is 17.2 Å². The van der Waals surface area contributed by atoms with Crippen molar-refractivity contribution in [1.29, 1.82) is 5.26 Å². The second-order valence-electron chi connectivity index (χ2n) is 5.75. The lowest BCUT2D eigenvalue weighted by Gasteiger charge is -2.12. The van der Waals surface area contributed by atoms with Crippen molar-refractivity contribution in [1.82, 2.24) is 0 Å². The van der Waals surface area contributed by atoms with Crippen molar-refractivity contribution in [2.45, 2.75) is 13.8 Å². The molecule has 0 aromatic heterocycles. The van der Waals surface area contributed by atoms with Gasteiger partial charge in [0, 0.05) is 4.47 Å². The van der Waals surface area contributed by atoms with Crippen LogP contribution in [0.25, 0.3) is 6.08 Å². The third-order valence-electron chi connectivity index (χ3n) is 3.57. The highest BCUT2D eigenvalue weighted by Crippen LogP contribution is 2.30. The number of nitriles is 1. The summed E-state index contributed by atoms with van der Waals surface area (Å²) in [6.45, 7) is 3.65. The molecular formula is C22H20BrNO6. The minimum absolute atomic E-state index is 0.147. The highest BCUT2D eigenvalue weighted by Gasteiger charge is 2.14. The molecule has 7 nitrogen and oxygen atoms in total. The molecule has 0 aliphatic heterocycles. The molecule has 0 aliphatic rings. The number of esters is 2. The average Bonchev–Trinajstić information content (AvgIpc) is 2.72. The number of carbonyl (C=O) groups excluding carboxylic acids is 2. The molecule has 2 aromatic rings. The van der Waals surface area contributed by atoms with E-state index >= 15 is 0 Å². The third-order valence-corrected chi connectivity index (χ3v) is 4.06. The number of halogens is 1. The van der Waals surface area contributed by atoms with Gasteiger partial charge in [-0.3, -0.25) is 0 Å². The second kappa shape index (κ2) is 11.6. The summed E-state index contributed by atoms with van der Waals surface area (Å²) in [4.78, 5) is 23.9. The highest BCUT2D eigenvalue weighted by atomic mass is 79.9. The number of ether oxygens (including phenoxy) is 4. The fraction of sp³-hybridized carbons (Fsp3) is 0.227. The largest absolute Gasteiger partial charge is 0.490 e. The lowest BCUT2D eigenvalue weighted by molar-refractivity contribution is -0.138. The maximum Gasteiger partial charge on any atom is 0.349 e. The molecule has 0 unspecified atom stereocenters. The van der Waals surface area contributed by atoms with Crippen molar-refractivity contribution < 1.29 is 28.5 Å². The van der Waals surface area contributed by atoms with E-state index in [4.69, 9.17) is 24.2 Å². The van der Waals surface area contributed by atoms with Crippen LogP contribution in [0, 0.1) is 11.3 Å². The Labute approximate surface area is 182 Å². The Bertz CT molecular complexity index is 980. The van der Waals surface area contributed by atoms with Gasteiger partial charge in [-0.25, -0.2) is 9.59 Å². The van der Waals surface area contributed by atoms with Gasteiger partial charge in [0.15, 0.2) is 18.1 Å². The Kier molecular flexibility index (Phi) is 8.91. The van der Waals surface area contributed by atoms with Crippen molar-refractivity contribution in [2.24, 2.45) is 0 Å². The first-order valence-corrected chi connectivity index (χ1v) is 9.91. The fourth-order valence-corrected chi connectivity index (χ4v) is 2.71. The first-order valence-electron chi connectivity index (χ1n) is 9.11. The summed E-state index contributed by atoms with van der Waals surface area (Å²) in [5.74, 6) is -0.300. The van der Waals surface area contributed by atoms with Gasteiger partial charge in [0.2, 0.25) is 0 Å². The monoisotopic (exact) mass is 473 g/mol. The molecule has 0 amide bonds. The normalized spacial score (nSPS) is 10.7. The van der Waals surface area contributed by atoms with Crippen LogP contribution >= 0.6 is 15.9 Å². The molecular weight excluding hydrogens is 454 g/mol. The van der Waals surface area contributed by atoms with Gasteiger partial charge in [0.1, 0.15) is 17.4 Å². The van der Waals surface area contributed by atoms with Gasteiger partial charge in [-0.2, -0.15) is 5.26 Å². The molecule has 0 saturated heterocycles. The van der Waals surface area contributed by atoms with Crippen LogP contribution in [0.2, 0.25) is 0 Å². The SMILES string of the molecule is CCOC(=O)/C(C#N)=C/c1ccc(OC(=O)COc2cccc(Br)c2)c(OCC)c1. The quantitative estimate of drug-likeness (QED) is 0.232. The first-order chi connectivity index (χ1) is 14.5. The molecule has 0 saturated carbocycles. The summed E-state index contributed by atoms with van der Waals surface area (Å²) < 4.78 is 22.0. The molecule has 0 atom stereocenters. The number of hydrogen-bond donors (Lipinski definition) is 0. The van der Waals surface area contributed by atoms with Crippen molar-refractivity contribution in [3.8, 4) is 23.3 Å². The topological polar surface area (TPSA) is 94.9 Å². The van der Waals surface area contributed by atoms with Crippen LogP contribution in [-0.2, 0) is 14.3 Å². The number of benzene rings is 2. The summed E-state index contributed by atoms with van der Waals surface area (Å²) >= 11 is 3.33. The molecule has 0 heterocycles. The van der Waals surface area contributed by atoms with Crippen molar-refractivity contribution >= 4 is 33.9 Å². The van der Waals surface area contributed by atoms with Crippen molar-refractivity contribution in [3.05, 3.63) is 58.1 Å². The Hall–Kier alpha value is -3.31. The van der Waals surface area contributed by atoms with Crippen LogP contribution in [0.15, 0.2) is 52.5 Å². The molecule has 2 rings (SSSR count). The van der Waals surface area contributed by atoms with E-state index in [1.807, 2.05) is 12.1 Å². The molecule has 2 aromatic carbocycles. The lowest BCUT2D eigenvalue weighted by Crippen LogP contribution is -2.18. The Morgan fingerprint density at radius 1 is 1.07 bits per heavy atom. The summed E-state index contributed by atoms with van der Waals surface area (Å²) in [6.07, 6.45) is 1.38. The Morgan fingerprint density at radius 2 is 1.87 bits per heavy atom. The standard InChI is InChI=1S/C22H20BrNO6/c1-3-27-20-11-15(10-16(13-24)22(26)28-4-2)8-9-19(20)30-21(25)14-29-18-7-5-6-17(23)12-18/h5-12H,3-4,14H2,1-2H3/b16-10+. The first kappa shape index (κ1) is 23.0. The van der Waals surface area contributed by atoms with E-state index in [2.05, 4.69) is 15.9 Å². The van der Waals surface area contributed by atoms with E-state index in [1.54, 1.807) is 44.2 Å². The molecule has 8 heteroatoms. The summed E-state index contributed by atoms with van der Waals surface area (Å²) in [5.41, 5.74) is 0.375. The number of carbonyl (C=O) groups is 2. The molecule has 0 spiro atoms. The smallest absolute Gasteiger partial charge is 0.349 e. The van der Waals surface area contributed by atoms with Gasteiger partial charge in [-0.15, -0.1) is 0 Å². The van der Waals surface area contributed by atoms with Gasteiger partial charge in [0.05, 0.1) is 13.2 Å². The average molecular weight is 474 g/mol. The minimum Gasteiger partial charge on any atom is -0.490 e. The van der Waals surface area contributed by atoms with Crippen molar-refractivity contribution in [2.75, 3.05) is 19.8 Å². The fourth-order valence-electron chi connectivity index (χ4n) is 2.33. The van der Waals surface area contributed by atoms with Gasteiger partial charge in [0.25, 0.3) is 0 Å². The van der Waals surface area contributed by atoms with Gasteiger partial charge < -0.3 is 18.9 Å². The zero-order valence-electron chi connectivity index (χ0n) is 16.5.